The topological polar surface area (TPSA) is 74.4 Å². The summed E-state index contributed by atoms with van der Waals surface area (Å²) in [6, 6.07) is 20.6. The maximum Gasteiger partial charge on any atom is 0.410 e. The number of aryl methyl sites for hydroxylation is 1. The van der Waals surface area contributed by atoms with Crippen LogP contribution in [0.15, 0.2) is 60.7 Å². The Labute approximate surface area is 211 Å². The van der Waals surface area contributed by atoms with Gasteiger partial charge in [0.2, 0.25) is 0 Å². The summed E-state index contributed by atoms with van der Waals surface area (Å²) in [6.45, 7) is 7.90. The molecule has 5 rings (SSSR count). The summed E-state index contributed by atoms with van der Waals surface area (Å²) in [6.07, 6.45) is 1.48. The van der Waals surface area contributed by atoms with Crippen molar-refractivity contribution in [3.63, 3.8) is 0 Å². The Morgan fingerprint density at radius 1 is 1.03 bits per heavy atom. The monoisotopic (exact) mass is 483 g/mol. The van der Waals surface area contributed by atoms with Gasteiger partial charge in [0.25, 0.3) is 5.91 Å². The molecule has 6 nitrogen and oxygen atoms in total. The van der Waals surface area contributed by atoms with Gasteiger partial charge in [-0.2, -0.15) is 0 Å². The van der Waals surface area contributed by atoms with Crippen molar-refractivity contribution in [2.75, 3.05) is 7.05 Å². The van der Waals surface area contributed by atoms with E-state index in [4.69, 9.17) is 4.74 Å². The highest BCUT2D eigenvalue weighted by molar-refractivity contribution is 6.01. The van der Waals surface area contributed by atoms with Crippen LogP contribution in [0, 0.1) is 6.92 Å². The van der Waals surface area contributed by atoms with Gasteiger partial charge in [-0.25, -0.2) is 4.79 Å². The van der Waals surface area contributed by atoms with Crippen LogP contribution in [0.1, 0.15) is 60.8 Å². The van der Waals surface area contributed by atoms with E-state index in [1.807, 2.05) is 58.0 Å². The second-order valence-electron chi connectivity index (χ2n) is 10.9. The highest BCUT2D eigenvalue weighted by Crippen LogP contribution is 2.48. The zero-order valence-corrected chi connectivity index (χ0v) is 21.6. The fourth-order valence-electron chi connectivity index (χ4n) is 4.86. The van der Waals surface area contributed by atoms with Crippen molar-refractivity contribution in [1.82, 2.24) is 15.2 Å². The maximum atomic E-state index is 13.5. The number of carbonyl (C=O) groups is 2. The average Bonchev–Trinajstić information content (AvgIpc) is 3.48. The van der Waals surface area contributed by atoms with Crippen LogP contribution in [0.3, 0.4) is 0 Å². The number of rotatable bonds is 5. The molecular formula is C30H33N3O3. The standard InChI is InChI=1S/C30H33N3O3/c1-19-15-21-16-22(18-33(5)28(35)36-29(2,3)4)31-26(21)17-24(19)27(34)32-30(13-14-30)25-12-8-10-20-9-6-7-11-23(20)25/h6-12,15-17,31H,13-14,18H2,1-5H3,(H,32,34). The molecule has 1 aromatic heterocycles. The fourth-order valence-corrected chi connectivity index (χ4v) is 4.86. The molecule has 1 fully saturated rings. The molecule has 1 aliphatic carbocycles. The van der Waals surface area contributed by atoms with Gasteiger partial charge in [-0.3, -0.25) is 4.79 Å². The van der Waals surface area contributed by atoms with Crippen LogP contribution in [0.25, 0.3) is 21.7 Å². The second kappa shape index (κ2) is 8.70. The first-order valence-corrected chi connectivity index (χ1v) is 12.4. The first-order chi connectivity index (χ1) is 17.0. The first kappa shape index (κ1) is 23.9. The first-order valence-electron chi connectivity index (χ1n) is 12.4. The molecule has 4 aromatic rings. The number of fused-ring (bicyclic) bond motifs is 2. The predicted octanol–water partition coefficient (Wildman–Crippen LogP) is 6.42. The third-order valence-corrected chi connectivity index (χ3v) is 6.79. The number of H-pyrrole nitrogens is 1. The highest BCUT2D eigenvalue weighted by atomic mass is 16.6. The lowest BCUT2D eigenvalue weighted by Crippen LogP contribution is -2.35. The Kier molecular flexibility index (Phi) is 5.78. The third kappa shape index (κ3) is 4.68. The van der Waals surface area contributed by atoms with Crippen molar-refractivity contribution in [3.05, 3.63) is 83.0 Å². The van der Waals surface area contributed by atoms with Gasteiger partial charge in [0.1, 0.15) is 5.60 Å². The van der Waals surface area contributed by atoms with Crippen LogP contribution >= 0.6 is 0 Å². The predicted molar refractivity (Wildman–Crippen MR) is 143 cm³/mol. The van der Waals surface area contributed by atoms with Crippen molar-refractivity contribution < 1.29 is 14.3 Å². The molecule has 0 bridgehead atoms. The summed E-state index contributed by atoms with van der Waals surface area (Å²) in [5.41, 5.74) is 3.63. The SMILES string of the molecule is Cc1cc2cc(CN(C)C(=O)OC(C)(C)C)[nH]c2cc1C(=O)NC1(c2cccc3ccccc23)CC1. The molecule has 3 aromatic carbocycles. The molecule has 0 radical (unpaired) electrons. The number of nitrogens with zero attached hydrogens (tertiary/aromatic N) is 1. The molecule has 186 valence electrons. The molecule has 36 heavy (non-hydrogen) atoms. The number of benzene rings is 3. The fraction of sp³-hybridized carbons (Fsp3) is 0.333. The lowest BCUT2D eigenvalue weighted by molar-refractivity contribution is 0.0283. The largest absolute Gasteiger partial charge is 0.444 e. The number of hydrogen-bond donors (Lipinski definition) is 2. The van der Waals surface area contributed by atoms with E-state index in [0.29, 0.717) is 12.1 Å². The van der Waals surface area contributed by atoms with Gasteiger partial charge in [-0.05, 0) is 80.6 Å². The molecule has 0 spiro atoms. The van der Waals surface area contributed by atoms with E-state index >= 15 is 0 Å². The molecule has 2 N–H and O–H groups in total. The summed E-state index contributed by atoms with van der Waals surface area (Å²) >= 11 is 0. The normalized spacial score (nSPS) is 14.6. The van der Waals surface area contributed by atoms with Crippen molar-refractivity contribution >= 4 is 33.7 Å². The minimum atomic E-state index is -0.546. The molecule has 1 aliphatic rings. The minimum absolute atomic E-state index is 0.0677. The summed E-state index contributed by atoms with van der Waals surface area (Å²) in [5.74, 6) is -0.0677. The van der Waals surface area contributed by atoms with Crippen LogP contribution in [-0.2, 0) is 16.8 Å². The molecule has 0 aliphatic heterocycles. The molecule has 1 heterocycles. The molecule has 0 atom stereocenters. The van der Waals surface area contributed by atoms with Gasteiger partial charge >= 0.3 is 6.09 Å². The number of aromatic nitrogens is 1. The van der Waals surface area contributed by atoms with Crippen LogP contribution < -0.4 is 5.32 Å². The van der Waals surface area contributed by atoms with E-state index in [0.717, 1.165) is 35.0 Å². The van der Waals surface area contributed by atoms with E-state index in [-0.39, 0.29) is 17.5 Å². The van der Waals surface area contributed by atoms with Gasteiger partial charge in [0.05, 0.1) is 12.1 Å². The van der Waals surface area contributed by atoms with Gasteiger partial charge in [-0.1, -0.05) is 42.5 Å². The van der Waals surface area contributed by atoms with E-state index in [1.54, 1.807) is 7.05 Å². The number of ether oxygens (including phenoxy) is 1. The van der Waals surface area contributed by atoms with Crippen LogP contribution in [0.5, 0.6) is 0 Å². The molecule has 6 heteroatoms. The summed E-state index contributed by atoms with van der Waals surface area (Å²) in [5, 5.41) is 6.73. The molecule has 0 saturated heterocycles. The summed E-state index contributed by atoms with van der Waals surface area (Å²) in [7, 11) is 1.71. The molecule has 0 unspecified atom stereocenters. The molecular weight excluding hydrogens is 450 g/mol. The summed E-state index contributed by atoms with van der Waals surface area (Å²) < 4.78 is 5.45. The van der Waals surface area contributed by atoms with Crippen molar-refractivity contribution in [2.24, 2.45) is 0 Å². The molecule has 2 amide bonds. The van der Waals surface area contributed by atoms with Crippen LogP contribution in [0.4, 0.5) is 4.79 Å². The quantitative estimate of drug-likeness (QED) is 0.344. The lowest BCUT2D eigenvalue weighted by atomic mass is 9.96. The van der Waals surface area contributed by atoms with Crippen LogP contribution in [-0.4, -0.2) is 34.5 Å². The van der Waals surface area contributed by atoms with Crippen molar-refractivity contribution in [1.29, 1.82) is 0 Å². The smallest absolute Gasteiger partial charge is 0.410 e. The Morgan fingerprint density at radius 3 is 2.47 bits per heavy atom. The number of nitrogens with one attached hydrogen (secondary N) is 2. The van der Waals surface area contributed by atoms with Crippen molar-refractivity contribution in [2.45, 2.75) is 58.2 Å². The molecule has 1 saturated carbocycles. The Bertz CT molecular complexity index is 1470. The minimum Gasteiger partial charge on any atom is -0.444 e. The Hall–Kier alpha value is -3.80. The maximum absolute atomic E-state index is 13.5. The zero-order valence-electron chi connectivity index (χ0n) is 21.6. The number of aromatic amines is 1. The van der Waals surface area contributed by atoms with Crippen molar-refractivity contribution in [3.8, 4) is 0 Å². The zero-order chi connectivity index (χ0) is 25.7. The third-order valence-electron chi connectivity index (χ3n) is 6.79. The van der Waals surface area contributed by atoms with E-state index in [9.17, 15) is 9.59 Å². The second-order valence-corrected chi connectivity index (χ2v) is 10.9. The lowest BCUT2D eigenvalue weighted by Gasteiger charge is -2.24. The highest BCUT2D eigenvalue weighted by Gasteiger charge is 2.46. The Balaban J connectivity index is 1.37. The van der Waals surface area contributed by atoms with E-state index in [1.165, 1.54) is 21.2 Å². The summed E-state index contributed by atoms with van der Waals surface area (Å²) in [4.78, 5) is 30.7. The van der Waals surface area contributed by atoms with Crippen LogP contribution in [0.2, 0.25) is 0 Å². The van der Waals surface area contributed by atoms with Gasteiger partial charge < -0.3 is 19.9 Å². The number of amides is 2. The number of carbonyl (C=O) groups excluding carboxylic acids is 2. The van der Waals surface area contributed by atoms with E-state index < -0.39 is 5.60 Å². The van der Waals surface area contributed by atoms with E-state index in [2.05, 4.69) is 40.6 Å². The van der Waals surface area contributed by atoms with Gasteiger partial charge in [0.15, 0.2) is 0 Å². The Morgan fingerprint density at radius 2 is 1.75 bits per heavy atom. The van der Waals surface area contributed by atoms with Gasteiger partial charge in [-0.15, -0.1) is 0 Å². The number of hydrogen-bond acceptors (Lipinski definition) is 3. The average molecular weight is 484 g/mol. The van der Waals surface area contributed by atoms with Gasteiger partial charge in [0, 0.05) is 29.2 Å².